The lowest BCUT2D eigenvalue weighted by Gasteiger charge is -2.46. The van der Waals surface area contributed by atoms with Crippen LogP contribution in [0, 0.1) is 0 Å². The van der Waals surface area contributed by atoms with Crippen molar-refractivity contribution in [2.75, 3.05) is 19.8 Å². The number of hydrogen-bond donors (Lipinski definition) is 9. The molecular formula is C77H143NO13. The minimum atomic E-state index is -1.78. The topological polar surface area (TPSA) is 228 Å². The fraction of sp³-hybridized carbons (Fsp3) is 0.883. The summed E-state index contributed by atoms with van der Waals surface area (Å²) < 4.78 is 22.9. The summed E-state index contributed by atoms with van der Waals surface area (Å²) in [6.07, 6.45) is 64.4. The first-order chi connectivity index (χ1) is 44.6. The lowest BCUT2D eigenvalue weighted by Crippen LogP contribution is -2.65. The molecule has 0 bridgehead atoms. The molecule has 0 spiro atoms. The zero-order valence-electron chi connectivity index (χ0n) is 58.3. The van der Waals surface area contributed by atoms with Crippen molar-refractivity contribution in [3.8, 4) is 0 Å². The summed E-state index contributed by atoms with van der Waals surface area (Å²) in [6, 6.07) is -0.827. The molecule has 14 heteroatoms. The molecule has 12 unspecified atom stereocenters. The summed E-state index contributed by atoms with van der Waals surface area (Å²) in [5.74, 6) is -0.199. The molecule has 2 saturated heterocycles. The molecule has 0 aromatic heterocycles. The van der Waals surface area contributed by atoms with Gasteiger partial charge in [-0.2, -0.15) is 0 Å². The zero-order valence-corrected chi connectivity index (χ0v) is 58.3. The highest BCUT2D eigenvalue weighted by molar-refractivity contribution is 5.76. The normalized spacial score (nSPS) is 23.0. The molecule has 9 N–H and O–H groups in total. The van der Waals surface area contributed by atoms with Crippen LogP contribution in [0.25, 0.3) is 0 Å². The van der Waals surface area contributed by atoms with Crippen molar-refractivity contribution < 1.29 is 64.6 Å². The fourth-order valence-corrected chi connectivity index (χ4v) is 12.8. The number of unbranched alkanes of at least 4 members (excludes halogenated alkanes) is 43. The van der Waals surface area contributed by atoms with E-state index in [9.17, 15) is 45.6 Å². The highest BCUT2D eigenvalue weighted by Crippen LogP contribution is 2.30. The maximum absolute atomic E-state index is 13.4. The van der Waals surface area contributed by atoms with Crippen LogP contribution in [0.2, 0.25) is 0 Å². The molecule has 2 fully saturated rings. The molecule has 0 radical (unpaired) electrons. The van der Waals surface area contributed by atoms with Crippen molar-refractivity contribution in [3.05, 3.63) is 48.6 Å². The molecule has 1 amide bonds. The van der Waals surface area contributed by atoms with Crippen LogP contribution in [0.3, 0.4) is 0 Å². The molecule has 91 heavy (non-hydrogen) atoms. The lowest BCUT2D eigenvalue weighted by molar-refractivity contribution is -0.359. The zero-order chi connectivity index (χ0) is 65.9. The first-order valence-corrected chi connectivity index (χ1v) is 38.4. The average Bonchev–Trinajstić information content (AvgIpc) is 1.19. The predicted molar refractivity (Wildman–Crippen MR) is 374 cm³/mol. The Morgan fingerprint density at radius 1 is 0.407 bits per heavy atom. The predicted octanol–water partition coefficient (Wildman–Crippen LogP) is 16.6. The van der Waals surface area contributed by atoms with Gasteiger partial charge in [0.25, 0.3) is 0 Å². The van der Waals surface area contributed by atoms with Crippen LogP contribution < -0.4 is 5.32 Å². The van der Waals surface area contributed by atoms with Gasteiger partial charge < -0.3 is 65.1 Å². The maximum Gasteiger partial charge on any atom is 0.220 e. The Labute approximate surface area is 556 Å². The number of ether oxygens (including phenoxy) is 4. The highest BCUT2D eigenvalue weighted by Gasteiger charge is 2.51. The van der Waals surface area contributed by atoms with E-state index in [2.05, 4.69) is 67.8 Å². The van der Waals surface area contributed by atoms with E-state index in [-0.39, 0.29) is 12.5 Å². The number of rotatable bonds is 64. The second kappa shape index (κ2) is 61.5. The van der Waals surface area contributed by atoms with Crippen LogP contribution in [0.15, 0.2) is 48.6 Å². The van der Waals surface area contributed by atoms with Crippen molar-refractivity contribution in [3.63, 3.8) is 0 Å². The minimum absolute atomic E-state index is 0.199. The van der Waals surface area contributed by atoms with E-state index in [0.29, 0.717) is 12.8 Å². The molecule has 0 aromatic rings. The second-order valence-electron chi connectivity index (χ2n) is 27.1. The summed E-state index contributed by atoms with van der Waals surface area (Å²) in [7, 11) is 0. The molecular weight excluding hydrogens is 1150 g/mol. The Morgan fingerprint density at radius 3 is 1.16 bits per heavy atom. The van der Waals surface area contributed by atoms with Crippen LogP contribution >= 0.6 is 0 Å². The third kappa shape index (κ3) is 45.2. The Bertz CT molecular complexity index is 1710. The highest BCUT2D eigenvalue weighted by atomic mass is 16.7. The van der Waals surface area contributed by atoms with Crippen LogP contribution in [-0.2, 0) is 23.7 Å². The first-order valence-electron chi connectivity index (χ1n) is 38.4. The van der Waals surface area contributed by atoms with E-state index < -0.39 is 86.8 Å². The molecule has 2 aliphatic heterocycles. The van der Waals surface area contributed by atoms with Gasteiger partial charge in [0.15, 0.2) is 12.6 Å². The van der Waals surface area contributed by atoms with Crippen molar-refractivity contribution in [2.45, 2.75) is 415 Å². The van der Waals surface area contributed by atoms with Gasteiger partial charge in [-0.1, -0.05) is 332 Å². The van der Waals surface area contributed by atoms with E-state index in [1.165, 1.54) is 238 Å². The van der Waals surface area contributed by atoms with Gasteiger partial charge in [0, 0.05) is 6.42 Å². The van der Waals surface area contributed by atoms with Gasteiger partial charge in [0.2, 0.25) is 5.91 Å². The number of aliphatic hydroxyl groups excluding tert-OH is 8. The van der Waals surface area contributed by atoms with Crippen molar-refractivity contribution in [1.29, 1.82) is 0 Å². The molecule has 534 valence electrons. The third-order valence-corrected chi connectivity index (χ3v) is 18.8. The molecule has 0 saturated carbocycles. The van der Waals surface area contributed by atoms with Crippen LogP contribution in [-0.4, -0.2) is 140 Å². The van der Waals surface area contributed by atoms with Gasteiger partial charge in [-0.25, -0.2) is 0 Å². The van der Waals surface area contributed by atoms with Crippen molar-refractivity contribution in [1.82, 2.24) is 5.32 Å². The molecule has 2 aliphatic rings. The van der Waals surface area contributed by atoms with E-state index >= 15 is 0 Å². The summed E-state index contributed by atoms with van der Waals surface area (Å²) >= 11 is 0. The standard InChI is InChI=1S/C77H143NO13/c1-3-5-7-9-11-13-15-17-19-21-23-24-25-26-27-28-29-30-31-32-33-34-35-36-37-38-39-40-41-42-43-45-47-49-51-53-55-57-59-61-69(82)78-65(66(81)60-58-56-54-52-50-48-46-44-22-20-18-16-14-12-10-8-6-4-2)64-88-76-74(87)72(85)75(68(63-80)90-76)91-77-73(86)71(84)70(83)67(62-79)89-77/h5,7,11,13,17,19,23-24,65-68,70-77,79-81,83-87H,3-4,6,8-10,12,14-16,18,20-22,25-64H2,1-2H3,(H,78,82)/b7-5-,13-11-,19-17-,24-23-. The SMILES string of the molecule is CC/C=C\C/C=C\C/C=C\C/C=C\CCCCCCCCCCCCCCCCCCCCCCCCCCCCC(=O)NC(COC1OC(CO)C(OC2OC(CO)C(O)C(O)C2O)C(O)C1O)C(O)CCCCCCCCCCCCCCCCCCCC. The maximum atomic E-state index is 13.4. The monoisotopic (exact) mass is 1290 g/mol. The number of nitrogens with one attached hydrogen (secondary N) is 1. The quantitative estimate of drug-likeness (QED) is 0.0204. The van der Waals surface area contributed by atoms with E-state index in [0.717, 1.165) is 77.0 Å². The van der Waals surface area contributed by atoms with Gasteiger partial charge in [-0.05, 0) is 51.4 Å². The Hall–Kier alpha value is -2.05. The van der Waals surface area contributed by atoms with Crippen molar-refractivity contribution in [2.24, 2.45) is 0 Å². The third-order valence-electron chi connectivity index (χ3n) is 18.8. The summed E-state index contributed by atoms with van der Waals surface area (Å²) in [4.78, 5) is 13.4. The molecule has 12 atom stereocenters. The largest absolute Gasteiger partial charge is 0.394 e. The number of hydrogen-bond acceptors (Lipinski definition) is 13. The number of carbonyl (C=O) groups is 1. The van der Waals surface area contributed by atoms with Crippen molar-refractivity contribution >= 4 is 5.91 Å². The Morgan fingerprint density at radius 2 is 0.758 bits per heavy atom. The second-order valence-corrected chi connectivity index (χ2v) is 27.1. The molecule has 14 nitrogen and oxygen atoms in total. The van der Waals surface area contributed by atoms with Gasteiger partial charge in [0.1, 0.15) is 48.8 Å². The fourth-order valence-electron chi connectivity index (χ4n) is 12.8. The molecule has 0 aromatic carbocycles. The van der Waals surface area contributed by atoms with Gasteiger partial charge >= 0.3 is 0 Å². The summed E-state index contributed by atoms with van der Waals surface area (Å²) in [5.41, 5.74) is 0. The number of amides is 1. The number of allylic oxidation sites excluding steroid dienone is 8. The number of aliphatic hydroxyl groups is 8. The minimum Gasteiger partial charge on any atom is -0.394 e. The van der Waals surface area contributed by atoms with E-state index in [1.54, 1.807) is 0 Å². The lowest BCUT2D eigenvalue weighted by atomic mass is 9.97. The van der Waals surface area contributed by atoms with Gasteiger partial charge in [-0.15, -0.1) is 0 Å². The van der Waals surface area contributed by atoms with Crippen LogP contribution in [0.4, 0.5) is 0 Å². The van der Waals surface area contributed by atoms with Crippen LogP contribution in [0.1, 0.15) is 341 Å². The molecule has 0 aliphatic carbocycles. The van der Waals surface area contributed by atoms with Crippen LogP contribution in [0.5, 0.6) is 0 Å². The smallest absolute Gasteiger partial charge is 0.220 e. The molecule has 2 heterocycles. The summed E-state index contributed by atoms with van der Waals surface area (Å²) in [6.45, 7) is 2.80. The molecule has 2 rings (SSSR count). The van der Waals surface area contributed by atoms with E-state index in [1.807, 2.05) is 0 Å². The average molecular weight is 1290 g/mol. The Kier molecular flexibility index (Phi) is 57.5. The first kappa shape index (κ1) is 85.0. The van der Waals surface area contributed by atoms with Gasteiger partial charge in [0.05, 0.1) is 32.0 Å². The van der Waals surface area contributed by atoms with E-state index in [4.69, 9.17) is 18.9 Å². The van der Waals surface area contributed by atoms with Gasteiger partial charge in [-0.3, -0.25) is 4.79 Å². The number of carbonyl (C=O) groups excluding carboxylic acids is 1. The Balaban J connectivity index is 1.56. The summed E-state index contributed by atoms with van der Waals surface area (Å²) in [5, 5.41) is 87.7.